The number of rotatable bonds is 1. The minimum absolute atomic E-state index is 0.0639. The predicted molar refractivity (Wildman–Crippen MR) is 80.7 cm³/mol. The van der Waals surface area contributed by atoms with Gasteiger partial charge in [0.1, 0.15) is 11.1 Å². The lowest BCUT2D eigenvalue weighted by molar-refractivity contribution is -0.139. The van der Waals surface area contributed by atoms with Gasteiger partial charge in [0.05, 0.1) is 11.1 Å². The van der Waals surface area contributed by atoms with E-state index in [4.69, 9.17) is 0 Å². The third-order valence-electron chi connectivity index (χ3n) is 4.34. The van der Waals surface area contributed by atoms with Gasteiger partial charge in [-0.2, -0.15) is 18.4 Å². The van der Waals surface area contributed by atoms with Crippen molar-refractivity contribution in [3.05, 3.63) is 22.4 Å². The fourth-order valence-electron chi connectivity index (χ4n) is 3.04. The lowest BCUT2D eigenvalue weighted by atomic mass is 9.70. The van der Waals surface area contributed by atoms with Crippen molar-refractivity contribution in [2.45, 2.75) is 51.2 Å². The van der Waals surface area contributed by atoms with Crippen molar-refractivity contribution in [3.63, 3.8) is 0 Å². The molecule has 1 heterocycles. The van der Waals surface area contributed by atoms with Crippen molar-refractivity contribution in [2.24, 2.45) is 11.3 Å². The molecule has 120 valence electrons. The molecule has 0 saturated heterocycles. The molecule has 0 aliphatic heterocycles. The molecule has 0 amide bonds. The number of aryl methyl sites for hydroxylation is 1. The number of hydrogen-bond donors (Lipinski definition) is 0. The van der Waals surface area contributed by atoms with Crippen LogP contribution in [0.4, 0.5) is 13.2 Å². The first kappa shape index (κ1) is 17.1. The van der Waals surface area contributed by atoms with Crippen LogP contribution in [0.25, 0.3) is 0 Å². The van der Waals surface area contributed by atoms with Crippen molar-refractivity contribution in [3.8, 4) is 6.07 Å². The Bertz CT molecular complexity index is 624. The molecule has 22 heavy (non-hydrogen) atoms. The average Bonchev–Trinajstić information content (AvgIpc) is 2.42. The van der Waals surface area contributed by atoms with Crippen LogP contribution in [0.1, 0.15) is 49.6 Å². The average molecular weight is 328 g/mol. The molecular formula is C16H19F3N2S. The smallest absolute Gasteiger partial charge is 0.245 e. The highest BCUT2D eigenvalue weighted by molar-refractivity contribution is 7.98. The molecule has 1 aromatic rings. The number of nitrogens with zero attached hydrogens (tertiary/aromatic N) is 2. The number of fused-ring (bicyclic) bond motifs is 1. The van der Waals surface area contributed by atoms with Crippen LogP contribution in [-0.2, 0) is 19.0 Å². The molecule has 0 aromatic carbocycles. The summed E-state index contributed by atoms with van der Waals surface area (Å²) in [5, 5.41) is 9.40. The molecule has 0 spiro atoms. The van der Waals surface area contributed by atoms with Crippen LogP contribution in [0.2, 0.25) is 0 Å². The predicted octanol–water partition coefficient (Wildman–Crippen LogP) is 4.84. The SMILES string of the molecule is CSc1nc2c(c(C(F)(F)F)c1C#N)C[C@H](C(C)(C)C)CC2. The van der Waals surface area contributed by atoms with Gasteiger partial charge in [-0.05, 0) is 42.4 Å². The van der Waals surface area contributed by atoms with Crippen molar-refractivity contribution in [2.75, 3.05) is 6.26 Å². The first-order chi connectivity index (χ1) is 10.1. The van der Waals surface area contributed by atoms with Crippen LogP contribution in [0.3, 0.4) is 0 Å². The number of aromatic nitrogens is 1. The van der Waals surface area contributed by atoms with E-state index in [-0.39, 0.29) is 27.5 Å². The van der Waals surface area contributed by atoms with E-state index in [1.807, 2.05) is 20.8 Å². The molecule has 6 heteroatoms. The minimum atomic E-state index is -4.53. The van der Waals surface area contributed by atoms with E-state index >= 15 is 0 Å². The summed E-state index contributed by atoms with van der Waals surface area (Å²) in [4.78, 5) is 4.33. The van der Waals surface area contributed by atoms with E-state index in [2.05, 4.69) is 4.98 Å². The molecule has 1 aliphatic rings. The summed E-state index contributed by atoms with van der Waals surface area (Å²) >= 11 is 1.10. The zero-order chi connectivity index (χ0) is 16.7. The van der Waals surface area contributed by atoms with Crippen molar-refractivity contribution in [1.82, 2.24) is 4.98 Å². The first-order valence-electron chi connectivity index (χ1n) is 7.16. The van der Waals surface area contributed by atoms with Gasteiger partial charge >= 0.3 is 6.18 Å². The van der Waals surface area contributed by atoms with Gasteiger partial charge < -0.3 is 0 Å². The molecular weight excluding hydrogens is 309 g/mol. The quantitative estimate of drug-likeness (QED) is 0.692. The maximum atomic E-state index is 13.6. The lowest BCUT2D eigenvalue weighted by Gasteiger charge is -2.36. The fourth-order valence-corrected chi connectivity index (χ4v) is 3.59. The summed E-state index contributed by atoms with van der Waals surface area (Å²) in [5.41, 5.74) is -0.415. The van der Waals surface area contributed by atoms with Gasteiger partial charge in [-0.25, -0.2) is 4.98 Å². The zero-order valence-electron chi connectivity index (χ0n) is 13.1. The summed E-state index contributed by atoms with van der Waals surface area (Å²) < 4.78 is 40.7. The lowest BCUT2D eigenvalue weighted by Crippen LogP contribution is -2.30. The molecule has 2 rings (SSSR count). The van der Waals surface area contributed by atoms with Gasteiger partial charge in [0.15, 0.2) is 0 Å². The van der Waals surface area contributed by atoms with Crippen LogP contribution in [0.5, 0.6) is 0 Å². The molecule has 0 unspecified atom stereocenters. The fraction of sp³-hybridized carbons (Fsp3) is 0.625. The van der Waals surface area contributed by atoms with Crippen molar-refractivity contribution in [1.29, 1.82) is 5.26 Å². The Balaban J connectivity index is 2.68. The van der Waals surface area contributed by atoms with E-state index < -0.39 is 11.7 Å². The highest BCUT2D eigenvalue weighted by atomic mass is 32.2. The number of hydrogen-bond acceptors (Lipinski definition) is 3. The van der Waals surface area contributed by atoms with Crippen LogP contribution >= 0.6 is 11.8 Å². The molecule has 0 N–H and O–H groups in total. The summed E-state index contributed by atoms with van der Waals surface area (Å²) in [6.45, 7) is 6.14. The van der Waals surface area contributed by atoms with E-state index in [9.17, 15) is 18.4 Å². The number of alkyl halides is 3. The zero-order valence-corrected chi connectivity index (χ0v) is 14.0. The standard InChI is InChI=1S/C16H19F3N2S/c1-15(2,3)9-5-6-12-10(7-9)13(16(17,18)19)11(8-20)14(21-12)22-4/h9H,5-7H2,1-4H3/t9-/m1/s1. The van der Waals surface area contributed by atoms with E-state index in [1.54, 1.807) is 12.3 Å². The van der Waals surface area contributed by atoms with Crippen LogP contribution in [0.15, 0.2) is 5.03 Å². The van der Waals surface area contributed by atoms with Crippen LogP contribution in [-0.4, -0.2) is 11.2 Å². The Hall–Kier alpha value is -1.22. The van der Waals surface area contributed by atoms with Gasteiger partial charge in [0, 0.05) is 5.69 Å². The summed E-state index contributed by atoms with van der Waals surface area (Å²) in [6.07, 6.45) is -1.16. The summed E-state index contributed by atoms with van der Waals surface area (Å²) in [5.74, 6) is 0.162. The third-order valence-corrected chi connectivity index (χ3v) is 5.03. The first-order valence-corrected chi connectivity index (χ1v) is 8.39. The maximum Gasteiger partial charge on any atom is 0.418 e. The molecule has 1 aromatic heterocycles. The number of nitriles is 1. The molecule has 0 bridgehead atoms. The Labute approximate surface area is 133 Å². The third kappa shape index (κ3) is 3.10. The largest absolute Gasteiger partial charge is 0.418 e. The molecule has 0 saturated carbocycles. The number of thioether (sulfide) groups is 1. The molecule has 0 radical (unpaired) electrons. The van der Waals surface area contributed by atoms with Crippen molar-refractivity contribution < 1.29 is 13.2 Å². The highest BCUT2D eigenvalue weighted by Crippen LogP contribution is 2.44. The molecule has 2 nitrogen and oxygen atoms in total. The summed E-state index contributed by atoms with van der Waals surface area (Å²) in [6, 6.07) is 1.72. The number of pyridine rings is 1. The van der Waals surface area contributed by atoms with Gasteiger partial charge in [-0.1, -0.05) is 20.8 Å². The van der Waals surface area contributed by atoms with Crippen molar-refractivity contribution >= 4 is 11.8 Å². The Kier molecular flexibility index (Phi) is 4.49. The van der Waals surface area contributed by atoms with Gasteiger partial charge in [-0.3, -0.25) is 0 Å². The van der Waals surface area contributed by atoms with E-state index in [0.717, 1.165) is 18.2 Å². The Morgan fingerprint density at radius 3 is 2.36 bits per heavy atom. The monoisotopic (exact) mass is 328 g/mol. The van der Waals surface area contributed by atoms with Crippen LogP contribution < -0.4 is 0 Å². The second kappa shape index (κ2) is 5.77. The topological polar surface area (TPSA) is 36.7 Å². The van der Waals surface area contributed by atoms with Gasteiger partial charge in [-0.15, -0.1) is 11.8 Å². The summed E-state index contributed by atoms with van der Waals surface area (Å²) in [7, 11) is 0. The molecule has 1 atom stereocenters. The normalized spacial score (nSPS) is 18.7. The van der Waals surface area contributed by atoms with Crippen LogP contribution in [0, 0.1) is 22.7 Å². The second-order valence-electron chi connectivity index (χ2n) is 6.71. The minimum Gasteiger partial charge on any atom is -0.245 e. The maximum absolute atomic E-state index is 13.6. The molecule has 0 fully saturated rings. The van der Waals surface area contributed by atoms with Gasteiger partial charge in [0.2, 0.25) is 0 Å². The number of halogens is 3. The Morgan fingerprint density at radius 2 is 1.91 bits per heavy atom. The van der Waals surface area contributed by atoms with Gasteiger partial charge in [0.25, 0.3) is 0 Å². The molecule has 1 aliphatic carbocycles. The Morgan fingerprint density at radius 1 is 1.27 bits per heavy atom. The highest BCUT2D eigenvalue weighted by Gasteiger charge is 2.42. The second-order valence-corrected chi connectivity index (χ2v) is 7.51. The van der Waals surface area contributed by atoms with E-state index in [0.29, 0.717) is 18.5 Å². The van der Waals surface area contributed by atoms with E-state index in [1.165, 1.54) is 0 Å².